The molecule has 0 aliphatic carbocycles. The van der Waals surface area contributed by atoms with Gasteiger partial charge in [-0.2, -0.15) is 0 Å². The van der Waals surface area contributed by atoms with Gasteiger partial charge in [-0.25, -0.2) is 0 Å². The maximum Gasteiger partial charge on any atom is 0.234 e. The molecule has 2 aromatic rings. The number of fused-ring (bicyclic) bond motifs is 1. The molecule has 3 heterocycles. The minimum absolute atomic E-state index is 0.0652. The Morgan fingerprint density at radius 3 is 2.87 bits per heavy atom. The van der Waals surface area contributed by atoms with Gasteiger partial charge in [-0.05, 0) is 30.5 Å². The van der Waals surface area contributed by atoms with E-state index < -0.39 is 17.4 Å². The first-order chi connectivity index (χ1) is 15.1. The van der Waals surface area contributed by atoms with Crippen molar-refractivity contribution < 1.29 is 19.1 Å². The highest BCUT2D eigenvalue weighted by atomic mass is 16.5. The fraction of sp³-hybridized carbons (Fsp3) is 0.360. The summed E-state index contributed by atoms with van der Waals surface area (Å²) in [5.41, 5.74) is 1.29. The van der Waals surface area contributed by atoms with Gasteiger partial charge in [0.2, 0.25) is 11.8 Å². The molecule has 5 rings (SSSR count). The molecule has 3 aliphatic rings. The molecule has 2 saturated heterocycles. The van der Waals surface area contributed by atoms with Crippen molar-refractivity contribution in [3.63, 3.8) is 0 Å². The van der Waals surface area contributed by atoms with E-state index in [0.29, 0.717) is 18.8 Å². The lowest BCUT2D eigenvalue weighted by Gasteiger charge is -2.23. The Labute approximate surface area is 181 Å². The van der Waals surface area contributed by atoms with E-state index in [2.05, 4.69) is 17.4 Å². The number of amides is 2. The zero-order valence-electron chi connectivity index (χ0n) is 17.5. The predicted molar refractivity (Wildman–Crippen MR) is 117 cm³/mol. The number of rotatable bonds is 7. The summed E-state index contributed by atoms with van der Waals surface area (Å²) in [5, 5.41) is 3.04. The van der Waals surface area contributed by atoms with Crippen LogP contribution in [0.15, 0.2) is 66.7 Å². The van der Waals surface area contributed by atoms with Crippen molar-refractivity contribution >= 4 is 17.5 Å². The van der Waals surface area contributed by atoms with Crippen LogP contribution >= 0.6 is 0 Å². The smallest absolute Gasteiger partial charge is 0.234 e. The highest BCUT2D eigenvalue weighted by molar-refractivity contribution is 6.03. The molecule has 4 atom stereocenters. The summed E-state index contributed by atoms with van der Waals surface area (Å²) >= 11 is 0. The van der Waals surface area contributed by atoms with Gasteiger partial charge >= 0.3 is 0 Å². The SMILES string of the molecule is COc1cccc(N2C[C@@]34C=C[C@@H](O3)[C@@H](C(=O)NCCCc3ccccc3)[C@H]4C2=O)c1. The Bertz CT molecular complexity index is 1020. The third kappa shape index (κ3) is 3.41. The summed E-state index contributed by atoms with van der Waals surface area (Å²) in [5.74, 6) is -0.472. The number of ether oxygens (including phenoxy) is 2. The van der Waals surface area contributed by atoms with Crippen LogP contribution in [-0.4, -0.2) is 43.7 Å². The largest absolute Gasteiger partial charge is 0.497 e. The van der Waals surface area contributed by atoms with Crippen LogP contribution < -0.4 is 15.0 Å². The number of carbonyl (C=O) groups is 2. The second-order valence-corrected chi connectivity index (χ2v) is 8.41. The topological polar surface area (TPSA) is 67.9 Å². The van der Waals surface area contributed by atoms with E-state index in [4.69, 9.17) is 9.47 Å². The molecule has 1 N–H and O–H groups in total. The van der Waals surface area contributed by atoms with Crippen LogP contribution in [0.3, 0.4) is 0 Å². The van der Waals surface area contributed by atoms with Crippen LogP contribution in [0.1, 0.15) is 12.0 Å². The van der Waals surface area contributed by atoms with Gasteiger partial charge in [-0.1, -0.05) is 48.6 Å². The van der Waals surface area contributed by atoms with Gasteiger partial charge in [0.15, 0.2) is 0 Å². The number of nitrogens with zero attached hydrogens (tertiary/aromatic N) is 1. The van der Waals surface area contributed by atoms with E-state index >= 15 is 0 Å². The number of anilines is 1. The molecule has 160 valence electrons. The van der Waals surface area contributed by atoms with Crippen LogP contribution in [-0.2, 0) is 20.7 Å². The molecule has 1 spiro atoms. The Kier molecular flexibility index (Phi) is 5.02. The second-order valence-electron chi connectivity index (χ2n) is 8.41. The molecular weight excluding hydrogens is 392 g/mol. The first kappa shape index (κ1) is 19.8. The second kappa shape index (κ2) is 7.85. The third-order valence-corrected chi connectivity index (χ3v) is 6.55. The maximum absolute atomic E-state index is 13.4. The Balaban J connectivity index is 1.27. The number of hydrogen-bond acceptors (Lipinski definition) is 4. The summed E-state index contributed by atoms with van der Waals surface area (Å²) in [6.45, 7) is 0.989. The standard InChI is InChI=1S/C25H26N2O4/c1-30-19-11-5-10-18(15-19)27-16-25-13-12-20(31-25)21(22(25)24(27)29)23(28)26-14-6-9-17-7-3-2-4-8-17/h2-5,7-8,10-13,15,20-22H,6,9,14,16H2,1H3,(H,26,28)/t20-,21-,22+,25-/m1/s1. The molecule has 0 radical (unpaired) electrons. The van der Waals surface area contributed by atoms with Gasteiger partial charge in [-0.15, -0.1) is 0 Å². The van der Waals surface area contributed by atoms with E-state index in [0.717, 1.165) is 18.5 Å². The molecule has 0 unspecified atom stereocenters. The van der Waals surface area contributed by atoms with Crippen molar-refractivity contribution in [2.45, 2.75) is 24.5 Å². The molecule has 2 amide bonds. The molecule has 2 fully saturated rings. The average molecular weight is 418 g/mol. The van der Waals surface area contributed by atoms with Gasteiger partial charge in [-0.3, -0.25) is 9.59 Å². The average Bonchev–Trinajstić information content (AvgIpc) is 3.45. The summed E-state index contributed by atoms with van der Waals surface area (Å²) < 4.78 is 11.5. The molecule has 2 bridgehead atoms. The third-order valence-electron chi connectivity index (χ3n) is 6.55. The fourth-order valence-electron chi connectivity index (χ4n) is 5.06. The summed E-state index contributed by atoms with van der Waals surface area (Å²) in [4.78, 5) is 28.2. The van der Waals surface area contributed by atoms with Crippen molar-refractivity contribution in [1.82, 2.24) is 5.32 Å². The number of hydrogen-bond donors (Lipinski definition) is 1. The zero-order valence-corrected chi connectivity index (χ0v) is 17.5. The quantitative estimate of drug-likeness (QED) is 0.555. The van der Waals surface area contributed by atoms with Crippen molar-refractivity contribution in [2.24, 2.45) is 11.8 Å². The lowest BCUT2D eigenvalue weighted by molar-refractivity contribution is -0.131. The molecule has 6 heteroatoms. The van der Waals surface area contributed by atoms with E-state index in [9.17, 15) is 9.59 Å². The predicted octanol–water partition coefficient (Wildman–Crippen LogP) is 2.73. The van der Waals surface area contributed by atoms with Crippen LogP contribution in [0, 0.1) is 11.8 Å². The fourth-order valence-corrected chi connectivity index (χ4v) is 5.06. The molecule has 0 saturated carbocycles. The van der Waals surface area contributed by atoms with Crippen LogP contribution in [0.2, 0.25) is 0 Å². The first-order valence-electron chi connectivity index (χ1n) is 10.8. The van der Waals surface area contributed by atoms with Crippen LogP contribution in [0.5, 0.6) is 5.75 Å². The normalized spacial score (nSPS) is 28.1. The minimum Gasteiger partial charge on any atom is -0.497 e. The van der Waals surface area contributed by atoms with Gasteiger partial charge in [0.05, 0.1) is 31.6 Å². The zero-order chi connectivity index (χ0) is 21.4. The maximum atomic E-state index is 13.4. The molecule has 3 aliphatic heterocycles. The first-order valence-corrected chi connectivity index (χ1v) is 10.8. The number of methoxy groups -OCH3 is 1. The number of benzene rings is 2. The Morgan fingerprint density at radius 2 is 2.06 bits per heavy atom. The van der Waals surface area contributed by atoms with Crippen molar-refractivity contribution in [3.8, 4) is 5.75 Å². The van der Waals surface area contributed by atoms with Crippen LogP contribution in [0.4, 0.5) is 5.69 Å². The number of carbonyl (C=O) groups excluding carboxylic acids is 2. The van der Waals surface area contributed by atoms with E-state index in [-0.39, 0.29) is 17.9 Å². The number of nitrogens with one attached hydrogen (secondary N) is 1. The van der Waals surface area contributed by atoms with Crippen molar-refractivity contribution in [1.29, 1.82) is 0 Å². The Morgan fingerprint density at radius 1 is 1.23 bits per heavy atom. The summed E-state index contributed by atoms with van der Waals surface area (Å²) in [6, 6.07) is 17.6. The molecule has 2 aromatic carbocycles. The van der Waals surface area contributed by atoms with Crippen molar-refractivity contribution in [3.05, 3.63) is 72.3 Å². The number of aryl methyl sites for hydroxylation is 1. The lowest BCUT2D eigenvalue weighted by Crippen LogP contribution is -2.44. The van der Waals surface area contributed by atoms with Crippen LogP contribution in [0.25, 0.3) is 0 Å². The molecular formula is C25H26N2O4. The highest BCUT2D eigenvalue weighted by Gasteiger charge is 2.67. The lowest BCUT2D eigenvalue weighted by atomic mass is 9.77. The molecule has 0 aromatic heterocycles. The summed E-state index contributed by atoms with van der Waals surface area (Å²) in [7, 11) is 1.60. The molecule has 6 nitrogen and oxygen atoms in total. The molecule has 31 heavy (non-hydrogen) atoms. The Hall–Kier alpha value is -3.12. The van der Waals surface area contributed by atoms with Gasteiger partial charge < -0.3 is 19.7 Å². The van der Waals surface area contributed by atoms with Crippen molar-refractivity contribution in [2.75, 3.05) is 25.1 Å². The summed E-state index contributed by atoms with van der Waals surface area (Å²) in [6.07, 6.45) is 5.33. The van der Waals surface area contributed by atoms with Gasteiger partial charge in [0.25, 0.3) is 0 Å². The van der Waals surface area contributed by atoms with Gasteiger partial charge in [0.1, 0.15) is 11.4 Å². The van der Waals surface area contributed by atoms with Gasteiger partial charge in [0, 0.05) is 18.3 Å². The minimum atomic E-state index is -0.725. The van der Waals surface area contributed by atoms with E-state index in [1.54, 1.807) is 12.0 Å². The highest BCUT2D eigenvalue weighted by Crippen LogP contribution is 2.52. The van der Waals surface area contributed by atoms with E-state index in [1.807, 2.05) is 54.6 Å². The monoisotopic (exact) mass is 418 g/mol. The van der Waals surface area contributed by atoms with E-state index in [1.165, 1.54) is 5.56 Å².